The number of nitrogens with one attached hydrogen (secondary N) is 1. The van der Waals surface area contributed by atoms with E-state index in [4.69, 9.17) is 0 Å². The third kappa shape index (κ3) is 3.93. The first-order valence-corrected chi connectivity index (χ1v) is 9.20. The van der Waals surface area contributed by atoms with Gasteiger partial charge in [-0.2, -0.15) is 0 Å². The molecule has 1 aliphatic heterocycles. The van der Waals surface area contributed by atoms with E-state index in [1.165, 1.54) is 0 Å². The Hall–Kier alpha value is -2.14. The van der Waals surface area contributed by atoms with Gasteiger partial charge < -0.3 is 9.88 Å². The highest BCUT2D eigenvalue weighted by Crippen LogP contribution is 2.14. The number of rotatable bonds is 5. The Morgan fingerprint density at radius 1 is 1.16 bits per heavy atom. The van der Waals surface area contributed by atoms with Crippen LogP contribution >= 0.6 is 0 Å². The van der Waals surface area contributed by atoms with Gasteiger partial charge >= 0.3 is 0 Å². The van der Waals surface area contributed by atoms with Crippen molar-refractivity contribution >= 4 is 16.8 Å². The summed E-state index contributed by atoms with van der Waals surface area (Å²) in [7, 11) is 0. The van der Waals surface area contributed by atoms with Crippen molar-refractivity contribution in [1.82, 2.24) is 14.8 Å². The number of pyridine rings is 1. The van der Waals surface area contributed by atoms with Gasteiger partial charge in [-0.1, -0.05) is 25.5 Å². The van der Waals surface area contributed by atoms with Gasteiger partial charge in [0.25, 0.3) is 0 Å². The van der Waals surface area contributed by atoms with E-state index in [1.807, 2.05) is 36.1 Å². The fourth-order valence-electron chi connectivity index (χ4n) is 3.41. The SMILES string of the molecule is CCCCC(=O)N1CCN(Cc2[nH]c3ccccc3c(=O)c2C)CC1. The molecule has 0 saturated carbocycles. The molecule has 0 atom stereocenters. The van der Waals surface area contributed by atoms with Crippen molar-refractivity contribution in [3.63, 3.8) is 0 Å². The van der Waals surface area contributed by atoms with Crippen LogP contribution < -0.4 is 5.43 Å². The largest absolute Gasteiger partial charge is 0.357 e. The lowest BCUT2D eigenvalue weighted by molar-refractivity contribution is -0.133. The van der Waals surface area contributed by atoms with E-state index in [-0.39, 0.29) is 11.3 Å². The third-order valence-corrected chi connectivity index (χ3v) is 5.10. The molecule has 1 aromatic heterocycles. The smallest absolute Gasteiger partial charge is 0.222 e. The van der Waals surface area contributed by atoms with E-state index in [0.29, 0.717) is 6.42 Å². The lowest BCUT2D eigenvalue weighted by atomic mass is 10.1. The number of hydrogen-bond acceptors (Lipinski definition) is 3. The molecule has 0 spiro atoms. The second-order valence-electron chi connectivity index (χ2n) is 6.86. The first-order chi connectivity index (χ1) is 12.1. The Bertz CT molecular complexity index is 804. The number of para-hydroxylation sites is 1. The molecular formula is C20H27N3O2. The molecule has 1 saturated heterocycles. The fourth-order valence-corrected chi connectivity index (χ4v) is 3.41. The maximum Gasteiger partial charge on any atom is 0.222 e. The van der Waals surface area contributed by atoms with Crippen molar-refractivity contribution in [2.24, 2.45) is 0 Å². The molecule has 1 aromatic carbocycles. The van der Waals surface area contributed by atoms with E-state index >= 15 is 0 Å². The van der Waals surface area contributed by atoms with Gasteiger partial charge in [-0.15, -0.1) is 0 Å². The maximum absolute atomic E-state index is 12.5. The summed E-state index contributed by atoms with van der Waals surface area (Å²) in [6, 6.07) is 7.65. The first kappa shape index (κ1) is 17.7. The molecule has 1 amide bonds. The minimum absolute atomic E-state index is 0.109. The van der Waals surface area contributed by atoms with E-state index in [9.17, 15) is 9.59 Å². The van der Waals surface area contributed by atoms with Crippen LogP contribution in [0.3, 0.4) is 0 Å². The van der Waals surface area contributed by atoms with Crippen LogP contribution in [0.2, 0.25) is 0 Å². The van der Waals surface area contributed by atoms with E-state index < -0.39 is 0 Å². The van der Waals surface area contributed by atoms with Crippen LogP contribution in [0.1, 0.15) is 37.4 Å². The zero-order valence-electron chi connectivity index (χ0n) is 15.2. The third-order valence-electron chi connectivity index (χ3n) is 5.10. The van der Waals surface area contributed by atoms with Crippen LogP contribution in [0.4, 0.5) is 0 Å². The van der Waals surface area contributed by atoms with Gasteiger partial charge in [0, 0.05) is 61.3 Å². The van der Waals surface area contributed by atoms with Gasteiger partial charge in [0.05, 0.1) is 0 Å². The number of H-pyrrole nitrogens is 1. The van der Waals surface area contributed by atoms with Crippen molar-refractivity contribution in [3.05, 3.63) is 45.7 Å². The van der Waals surface area contributed by atoms with Crippen molar-refractivity contribution in [1.29, 1.82) is 0 Å². The van der Waals surface area contributed by atoms with Crippen LogP contribution in [0, 0.1) is 6.92 Å². The van der Waals surface area contributed by atoms with Gasteiger partial charge in [-0.05, 0) is 25.5 Å². The van der Waals surface area contributed by atoms with Gasteiger partial charge in [-0.3, -0.25) is 14.5 Å². The molecule has 3 rings (SSSR count). The monoisotopic (exact) mass is 341 g/mol. The average molecular weight is 341 g/mol. The second kappa shape index (κ2) is 7.83. The van der Waals surface area contributed by atoms with Crippen molar-refractivity contribution in [2.75, 3.05) is 26.2 Å². The summed E-state index contributed by atoms with van der Waals surface area (Å²) in [4.78, 5) is 32.4. The number of carbonyl (C=O) groups is 1. The number of hydrogen-bond donors (Lipinski definition) is 1. The molecule has 5 nitrogen and oxygen atoms in total. The summed E-state index contributed by atoms with van der Waals surface area (Å²) in [6.07, 6.45) is 2.68. The Morgan fingerprint density at radius 3 is 2.60 bits per heavy atom. The lowest BCUT2D eigenvalue weighted by Crippen LogP contribution is -2.48. The summed E-state index contributed by atoms with van der Waals surface area (Å²) in [5.74, 6) is 0.275. The Balaban J connectivity index is 1.66. The van der Waals surface area contributed by atoms with Gasteiger partial charge in [0.2, 0.25) is 5.91 Å². The van der Waals surface area contributed by atoms with Crippen LogP contribution in [0.15, 0.2) is 29.1 Å². The number of aromatic amines is 1. The minimum atomic E-state index is 0.109. The second-order valence-corrected chi connectivity index (χ2v) is 6.86. The van der Waals surface area contributed by atoms with Crippen molar-refractivity contribution in [3.8, 4) is 0 Å². The van der Waals surface area contributed by atoms with Gasteiger partial charge in [0.15, 0.2) is 5.43 Å². The van der Waals surface area contributed by atoms with E-state index in [0.717, 1.165) is 67.7 Å². The maximum atomic E-state index is 12.5. The quantitative estimate of drug-likeness (QED) is 0.910. The van der Waals surface area contributed by atoms with Gasteiger partial charge in [-0.25, -0.2) is 0 Å². The number of nitrogens with zero attached hydrogens (tertiary/aromatic N) is 2. The predicted octanol–water partition coefficient (Wildman–Crippen LogP) is 2.67. The summed E-state index contributed by atoms with van der Waals surface area (Å²) in [5.41, 5.74) is 2.77. The summed E-state index contributed by atoms with van der Waals surface area (Å²) in [5, 5.41) is 0.745. The molecule has 0 unspecified atom stereocenters. The highest BCUT2D eigenvalue weighted by atomic mass is 16.2. The normalized spacial score (nSPS) is 15.7. The molecule has 5 heteroatoms. The molecular weight excluding hydrogens is 314 g/mol. The number of amides is 1. The number of benzene rings is 1. The Labute approximate surface area is 148 Å². The zero-order chi connectivity index (χ0) is 17.8. The lowest BCUT2D eigenvalue weighted by Gasteiger charge is -2.35. The van der Waals surface area contributed by atoms with Crippen LogP contribution in [0.5, 0.6) is 0 Å². The number of piperazine rings is 1. The molecule has 1 fully saturated rings. The minimum Gasteiger partial charge on any atom is -0.357 e. The molecule has 0 radical (unpaired) electrons. The fraction of sp³-hybridized carbons (Fsp3) is 0.500. The van der Waals surface area contributed by atoms with Gasteiger partial charge in [0.1, 0.15) is 0 Å². The molecule has 2 heterocycles. The predicted molar refractivity (Wildman–Crippen MR) is 101 cm³/mol. The molecule has 0 aliphatic carbocycles. The van der Waals surface area contributed by atoms with Crippen LogP contribution in [-0.2, 0) is 11.3 Å². The molecule has 1 aliphatic rings. The van der Waals surface area contributed by atoms with Crippen LogP contribution in [-0.4, -0.2) is 46.9 Å². The number of aromatic nitrogens is 1. The first-order valence-electron chi connectivity index (χ1n) is 9.20. The molecule has 25 heavy (non-hydrogen) atoms. The molecule has 2 aromatic rings. The van der Waals surface area contributed by atoms with Crippen molar-refractivity contribution < 1.29 is 4.79 Å². The number of carbonyl (C=O) groups excluding carboxylic acids is 1. The Kier molecular flexibility index (Phi) is 5.53. The zero-order valence-corrected chi connectivity index (χ0v) is 15.2. The van der Waals surface area contributed by atoms with E-state index in [2.05, 4.69) is 16.8 Å². The summed E-state index contributed by atoms with van der Waals surface area (Å²) >= 11 is 0. The highest BCUT2D eigenvalue weighted by Gasteiger charge is 2.21. The molecule has 0 bridgehead atoms. The summed E-state index contributed by atoms with van der Waals surface area (Å²) in [6.45, 7) is 7.99. The van der Waals surface area contributed by atoms with E-state index in [1.54, 1.807) is 0 Å². The highest BCUT2D eigenvalue weighted by molar-refractivity contribution is 5.79. The number of unbranched alkanes of at least 4 members (excludes halogenated alkanes) is 1. The standard InChI is InChI=1S/C20H27N3O2/c1-3-4-9-19(24)23-12-10-22(11-13-23)14-18-15(2)20(25)16-7-5-6-8-17(16)21-18/h5-8H,3-4,9-14H2,1-2H3,(H,21,25). The summed E-state index contributed by atoms with van der Waals surface area (Å²) < 4.78 is 0. The van der Waals surface area contributed by atoms with Crippen molar-refractivity contribution in [2.45, 2.75) is 39.7 Å². The topological polar surface area (TPSA) is 56.4 Å². The molecule has 1 N–H and O–H groups in total. The average Bonchev–Trinajstić information content (AvgIpc) is 2.64. The number of fused-ring (bicyclic) bond motifs is 1. The van der Waals surface area contributed by atoms with Crippen LogP contribution in [0.25, 0.3) is 10.9 Å². The molecule has 134 valence electrons. The Morgan fingerprint density at radius 2 is 1.88 bits per heavy atom.